The van der Waals surface area contributed by atoms with Crippen LogP contribution in [0, 0.1) is 6.92 Å². The molecular weight excluding hydrogens is 294 g/mol. The van der Waals surface area contributed by atoms with Crippen molar-refractivity contribution in [2.75, 3.05) is 23.9 Å². The number of aryl methyl sites for hydroxylation is 2. The standard InChI is InChI=1S/C19H22ClNO/c1-16-14-19(10-9-18(16)15-22)21(13-11-20)12-5-8-17-6-3-2-4-7-17/h2-4,6-7,9-10,14-15H,5,8,11-13H2,1H3. The molecule has 2 aromatic carbocycles. The maximum absolute atomic E-state index is 10.9. The third kappa shape index (κ3) is 4.60. The highest BCUT2D eigenvalue weighted by Gasteiger charge is 2.08. The number of hydrogen-bond acceptors (Lipinski definition) is 2. The molecule has 2 aromatic rings. The predicted octanol–water partition coefficient (Wildman–Crippen LogP) is 4.49. The molecule has 2 rings (SSSR count). The lowest BCUT2D eigenvalue weighted by atomic mass is 10.1. The molecule has 0 fully saturated rings. The van der Waals surface area contributed by atoms with Gasteiger partial charge < -0.3 is 4.90 Å². The summed E-state index contributed by atoms with van der Waals surface area (Å²) < 4.78 is 0. The molecule has 0 bridgehead atoms. The van der Waals surface area contributed by atoms with E-state index in [-0.39, 0.29) is 0 Å². The topological polar surface area (TPSA) is 20.3 Å². The van der Waals surface area contributed by atoms with Gasteiger partial charge in [0.25, 0.3) is 0 Å². The Hall–Kier alpha value is -1.80. The zero-order chi connectivity index (χ0) is 15.8. The van der Waals surface area contributed by atoms with Crippen molar-refractivity contribution in [1.29, 1.82) is 0 Å². The zero-order valence-electron chi connectivity index (χ0n) is 13.0. The van der Waals surface area contributed by atoms with Gasteiger partial charge in [-0.1, -0.05) is 30.3 Å². The summed E-state index contributed by atoms with van der Waals surface area (Å²) in [5.74, 6) is 0.597. The Morgan fingerprint density at radius 1 is 1.09 bits per heavy atom. The van der Waals surface area contributed by atoms with Crippen LogP contribution in [0.1, 0.15) is 27.9 Å². The Morgan fingerprint density at radius 2 is 1.86 bits per heavy atom. The summed E-state index contributed by atoms with van der Waals surface area (Å²) in [6, 6.07) is 16.5. The molecule has 0 aliphatic rings. The summed E-state index contributed by atoms with van der Waals surface area (Å²) in [4.78, 5) is 13.2. The van der Waals surface area contributed by atoms with Crippen LogP contribution in [-0.4, -0.2) is 25.3 Å². The van der Waals surface area contributed by atoms with Gasteiger partial charge in [0.05, 0.1) is 0 Å². The van der Waals surface area contributed by atoms with Crippen molar-refractivity contribution in [3.63, 3.8) is 0 Å². The summed E-state index contributed by atoms with van der Waals surface area (Å²) in [6.07, 6.45) is 3.04. The number of aldehydes is 1. The number of carbonyl (C=O) groups excluding carboxylic acids is 1. The second-order valence-corrected chi connectivity index (χ2v) is 5.80. The lowest BCUT2D eigenvalue weighted by molar-refractivity contribution is 0.112. The van der Waals surface area contributed by atoms with Crippen molar-refractivity contribution >= 4 is 23.6 Å². The van der Waals surface area contributed by atoms with E-state index in [4.69, 9.17) is 11.6 Å². The summed E-state index contributed by atoms with van der Waals surface area (Å²) in [6.45, 7) is 3.74. The predicted molar refractivity (Wildman–Crippen MR) is 94.3 cm³/mol. The molecule has 0 atom stereocenters. The minimum Gasteiger partial charge on any atom is -0.370 e. The fourth-order valence-electron chi connectivity index (χ4n) is 2.58. The quantitative estimate of drug-likeness (QED) is 0.528. The van der Waals surface area contributed by atoms with Crippen molar-refractivity contribution in [3.05, 3.63) is 65.2 Å². The SMILES string of the molecule is Cc1cc(N(CCCl)CCCc2ccccc2)ccc1C=O. The van der Waals surface area contributed by atoms with Gasteiger partial charge in [-0.05, 0) is 49.1 Å². The molecule has 0 N–H and O–H groups in total. The highest BCUT2D eigenvalue weighted by atomic mass is 35.5. The van der Waals surface area contributed by atoms with Crippen LogP contribution in [0.4, 0.5) is 5.69 Å². The Labute approximate surface area is 137 Å². The smallest absolute Gasteiger partial charge is 0.150 e. The monoisotopic (exact) mass is 315 g/mol. The highest BCUT2D eigenvalue weighted by molar-refractivity contribution is 6.18. The van der Waals surface area contributed by atoms with E-state index in [0.29, 0.717) is 5.88 Å². The van der Waals surface area contributed by atoms with E-state index >= 15 is 0 Å². The van der Waals surface area contributed by atoms with Crippen molar-refractivity contribution in [2.45, 2.75) is 19.8 Å². The molecule has 0 radical (unpaired) electrons. The van der Waals surface area contributed by atoms with Crippen molar-refractivity contribution < 1.29 is 4.79 Å². The number of rotatable bonds is 8. The average molecular weight is 316 g/mol. The van der Waals surface area contributed by atoms with Crippen LogP contribution in [0.5, 0.6) is 0 Å². The normalized spacial score (nSPS) is 10.5. The van der Waals surface area contributed by atoms with Crippen LogP contribution < -0.4 is 4.90 Å². The third-order valence-electron chi connectivity index (χ3n) is 3.84. The molecule has 0 unspecified atom stereocenters. The van der Waals surface area contributed by atoms with Crippen molar-refractivity contribution in [2.24, 2.45) is 0 Å². The van der Waals surface area contributed by atoms with Gasteiger partial charge >= 0.3 is 0 Å². The first-order valence-corrected chi connectivity index (χ1v) is 8.18. The van der Waals surface area contributed by atoms with E-state index in [0.717, 1.165) is 49.0 Å². The molecule has 0 aromatic heterocycles. The van der Waals surface area contributed by atoms with E-state index < -0.39 is 0 Å². The number of halogens is 1. The molecule has 116 valence electrons. The summed E-state index contributed by atoms with van der Waals surface area (Å²) in [5.41, 5.74) is 4.26. The fourth-order valence-corrected chi connectivity index (χ4v) is 2.78. The summed E-state index contributed by atoms with van der Waals surface area (Å²) in [7, 11) is 0. The van der Waals surface area contributed by atoms with Gasteiger partial charge in [-0.2, -0.15) is 0 Å². The van der Waals surface area contributed by atoms with E-state index in [1.165, 1.54) is 5.56 Å². The van der Waals surface area contributed by atoms with Gasteiger partial charge in [-0.3, -0.25) is 4.79 Å². The number of hydrogen-bond donors (Lipinski definition) is 0. The number of nitrogens with zero attached hydrogens (tertiary/aromatic N) is 1. The largest absolute Gasteiger partial charge is 0.370 e. The first-order chi connectivity index (χ1) is 10.7. The molecule has 0 heterocycles. The fraction of sp³-hybridized carbons (Fsp3) is 0.316. The summed E-state index contributed by atoms with van der Waals surface area (Å²) >= 11 is 5.94. The Morgan fingerprint density at radius 3 is 2.50 bits per heavy atom. The van der Waals surface area contributed by atoms with Gasteiger partial charge in [0.15, 0.2) is 0 Å². The van der Waals surface area contributed by atoms with Gasteiger partial charge in [0, 0.05) is 30.2 Å². The van der Waals surface area contributed by atoms with Crippen LogP contribution in [0.25, 0.3) is 0 Å². The highest BCUT2D eigenvalue weighted by Crippen LogP contribution is 2.19. The molecule has 0 aliphatic heterocycles. The molecule has 0 aliphatic carbocycles. The molecular formula is C19H22ClNO. The lowest BCUT2D eigenvalue weighted by Crippen LogP contribution is -2.27. The molecule has 0 amide bonds. The van der Waals surface area contributed by atoms with Crippen LogP contribution in [0.3, 0.4) is 0 Å². The van der Waals surface area contributed by atoms with E-state index in [1.807, 2.05) is 25.1 Å². The molecule has 22 heavy (non-hydrogen) atoms. The first-order valence-electron chi connectivity index (χ1n) is 7.65. The van der Waals surface area contributed by atoms with E-state index in [2.05, 4.69) is 35.2 Å². The van der Waals surface area contributed by atoms with Crippen molar-refractivity contribution in [1.82, 2.24) is 0 Å². The molecule has 0 saturated heterocycles. The van der Waals surface area contributed by atoms with Gasteiger partial charge in [-0.25, -0.2) is 0 Å². The number of anilines is 1. The zero-order valence-corrected chi connectivity index (χ0v) is 13.7. The Kier molecular flexibility index (Phi) is 6.47. The molecule has 0 spiro atoms. The third-order valence-corrected chi connectivity index (χ3v) is 4.01. The second kappa shape index (κ2) is 8.60. The van der Waals surface area contributed by atoms with Crippen LogP contribution in [0.15, 0.2) is 48.5 Å². The molecule has 3 heteroatoms. The molecule has 2 nitrogen and oxygen atoms in total. The first kappa shape index (κ1) is 16.6. The maximum atomic E-state index is 10.9. The van der Waals surface area contributed by atoms with Crippen LogP contribution in [-0.2, 0) is 6.42 Å². The Balaban J connectivity index is 2.00. The number of alkyl halides is 1. The van der Waals surface area contributed by atoms with Crippen LogP contribution in [0.2, 0.25) is 0 Å². The number of benzene rings is 2. The van der Waals surface area contributed by atoms with Gasteiger partial charge in [-0.15, -0.1) is 11.6 Å². The average Bonchev–Trinajstić information content (AvgIpc) is 2.55. The van der Waals surface area contributed by atoms with Crippen LogP contribution >= 0.6 is 11.6 Å². The maximum Gasteiger partial charge on any atom is 0.150 e. The summed E-state index contributed by atoms with van der Waals surface area (Å²) in [5, 5.41) is 0. The molecule has 0 saturated carbocycles. The second-order valence-electron chi connectivity index (χ2n) is 5.42. The van der Waals surface area contributed by atoms with E-state index in [1.54, 1.807) is 0 Å². The Bertz CT molecular complexity index is 598. The van der Waals surface area contributed by atoms with Crippen molar-refractivity contribution in [3.8, 4) is 0 Å². The van der Waals surface area contributed by atoms with Gasteiger partial charge in [0.1, 0.15) is 6.29 Å². The number of carbonyl (C=O) groups is 1. The van der Waals surface area contributed by atoms with Gasteiger partial charge in [0.2, 0.25) is 0 Å². The van der Waals surface area contributed by atoms with E-state index in [9.17, 15) is 4.79 Å². The lowest BCUT2D eigenvalue weighted by Gasteiger charge is -2.24. The minimum absolute atomic E-state index is 0.597. The minimum atomic E-state index is 0.597.